The Kier molecular flexibility index (Phi) is 4.05. The third-order valence-electron chi connectivity index (χ3n) is 2.42. The van der Waals surface area contributed by atoms with E-state index in [0.29, 0.717) is 18.4 Å². The lowest BCUT2D eigenvalue weighted by Crippen LogP contribution is -1.99. The topological polar surface area (TPSA) is 0 Å². The van der Waals surface area contributed by atoms with Crippen LogP contribution in [0.3, 0.4) is 0 Å². The fraction of sp³-hybridized carbons (Fsp3) is 0.500. The van der Waals surface area contributed by atoms with Gasteiger partial charge in [-0.1, -0.05) is 26.3 Å². The van der Waals surface area contributed by atoms with Crippen LogP contribution in [0, 0.1) is 11.6 Å². The lowest BCUT2D eigenvalue weighted by molar-refractivity contribution is 0.545. The summed E-state index contributed by atoms with van der Waals surface area (Å²) in [6.07, 6.45) is 3.09. The predicted octanol–water partition coefficient (Wildman–Crippen LogP) is 3.87. The first-order valence-electron chi connectivity index (χ1n) is 5.16. The molecular formula is C12H16F2. The predicted molar refractivity (Wildman–Crippen MR) is 54.3 cm³/mol. The van der Waals surface area contributed by atoms with Crippen molar-refractivity contribution in [3.05, 3.63) is 34.9 Å². The Balaban J connectivity index is 2.96. The molecule has 0 aliphatic heterocycles. The molecule has 0 atom stereocenters. The Morgan fingerprint density at radius 1 is 1.14 bits per heavy atom. The van der Waals surface area contributed by atoms with Crippen molar-refractivity contribution in [1.29, 1.82) is 0 Å². The van der Waals surface area contributed by atoms with Gasteiger partial charge in [0.25, 0.3) is 0 Å². The first-order valence-corrected chi connectivity index (χ1v) is 5.16. The average molecular weight is 198 g/mol. The smallest absolute Gasteiger partial charge is 0.132 e. The van der Waals surface area contributed by atoms with E-state index < -0.39 is 5.82 Å². The van der Waals surface area contributed by atoms with Crippen LogP contribution >= 0.6 is 0 Å². The first kappa shape index (κ1) is 11.2. The molecule has 0 saturated heterocycles. The van der Waals surface area contributed by atoms with Crippen molar-refractivity contribution in [2.75, 3.05) is 0 Å². The summed E-state index contributed by atoms with van der Waals surface area (Å²) < 4.78 is 26.7. The summed E-state index contributed by atoms with van der Waals surface area (Å²) in [5, 5.41) is 0. The largest absolute Gasteiger partial charge is 0.207 e. The Hall–Kier alpha value is -0.920. The summed E-state index contributed by atoms with van der Waals surface area (Å²) in [5.41, 5.74) is 0.865. The molecule has 0 fully saturated rings. The zero-order valence-electron chi connectivity index (χ0n) is 8.74. The molecule has 0 spiro atoms. The van der Waals surface area contributed by atoms with Crippen molar-refractivity contribution < 1.29 is 8.78 Å². The molecule has 0 unspecified atom stereocenters. The number of aryl methyl sites for hydroxylation is 1. The molecule has 0 N–H and O–H groups in total. The molecule has 0 aromatic heterocycles. The quantitative estimate of drug-likeness (QED) is 0.689. The third kappa shape index (κ3) is 2.31. The van der Waals surface area contributed by atoms with Gasteiger partial charge in [0.1, 0.15) is 11.6 Å². The second-order valence-electron chi connectivity index (χ2n) is 3.46. The van der Waals surface area contributed by atoms with E-state index in [9.17, 15) is 8.78 Å². The van der Waals surface area contributed by atoms with Gasteiger partial charge >= 0.3 is 0 Å². The highest BCUT2D eigenvalue weighted by Crippen LogP contribution is 2.19. The number of unbranched alkanes of at least 4 members (excludes halogenated alkanes) is 1. The summed E-state index contributed by atoms with van der Waals surface area (Å²) in [4.78, 5) is 0. The monoisotopic (exact) mass is 198 g/mol. The van der Waals surface area contributed by atoms with Crippen molar-refractivity contribution in [3.8, 4) is 0 Å². The minimum atomic E-state index is -0.426. The highest BCUT2D eigenvalue weighted by Gasteiger charge is 2.10. The maximum absolute atomic E-state index is 13.6. The number of hydrogen-bond acceptors (Lipinski definition) is 0. The summed E-state index contributed by atoms with van der Waals surface area (Å²) in [6.45, 7) is 3.83. The standard InChI is InChI=1S/C12H16F2/c1-3-5-6-9-7-8-11(13)10(4-2)12(9)14/h7-8H,3-6H2,1-2H3. The van der Waals surface area contributed by atoms with Gasteiger partial charge in [-0.15, -0.1) is 0 Å². The molecule has 1 rings (SSSR count). The highest BCUT2D eigenvalue weighted by atomic mass is 19.1. The second kappa shape index (κ2) is 5.08. The zero-order chi connectivity index (χ0) is 10.6. The van der Waals surface area contributed by atoms with Gasteiger partial charge in [0.05, 0.1) is 0 Å². The Morgan fingerprint density at radius 3 is 2.43 bits per heavy atom. The van der Waals surface area contributed by atoms with Crippen LogP contribution in [0.2, 0.25) is 0 Å². The fourth-order valence-corrected chi connectivity index (χ4v) is 1.53. The average Bonchev–Trinajstić information content (AvgIpc) is 2.18. The Bertz CT molecular complexity index is 305. The Morgan fingerprint density at radius 2 is 1.86 bits per heavy atom. The number of halogens is 2. The van der Waals surface area contributed by atoms with E-state index in [-0.39, 0.29) is 11.4 Å². The van der Waals surface area contributed by atoms with Crippen LogP contribution < -0.4 is 0 Å². The van der Waals surface area contributed by atoms with Gasteiger partial charge in [0, 0.05) is 5.56 Å². The van der Waals surface area contributed by atoms with Gasteiger partial charge in [-0.25, -0.2) is 8.78 Å². The van der Waals surface area contributed by atoms with E-state index in [2.05, 4.69) is 6.92 Å². The zero-order valence-corrected chi connectivity index (χ0v) is 8.74. The summed E-state index contributed by atoms with van der Waals surface area (Å²) in [5.74, 6) is -0.772. The van der Waals surface area contributed by atoms with E-state index in [1.54, 1.807) is 13.0 Å². The van der Waals surface area contributed by atoms with Crippen molar-refractivity contribution in [2.45, 2.75) is 39.5 Å². The maximum Gasteiger partial charge on any atom is 0.132 e. The summed E-state index contributed by atoms with van der Waals surface area (Å²) in [6, 6.07) is 2.92. The second-order valence-corrected chi connectivity index (χ2v) is 3.46. The molecule has 0 amide bonds. The van der Waals surface area contributed by atoms with Crippen LogP contribution in [0.25, 0.3) is 0 Å². The lowest BCUT2D eigenvalue weighted by atomic mass is 10.0. The fourth-order valence-electron chi connectivity index (χ4n) is 1.53. The van der Waals surface area contributed by atoms with Gasteiger partial charge in [0.15, 0.2) is 0 Å². The molecule has 0 aliphatic rings. The molecule has 14 heavy (non-hydrogen) atoms. The van der Waals surface area contributed by atoms with E-state index in [1.165, 1.54) is 6.07 Å². The molecule has 0 saturated carbocycles. The van der Waals surface area contributed by atoms with Gasteiger partial charge in [0.2, 0.25) is 0 Å². The van der Waals surface area contributed by atoms with Gasteiger partial charge < -0.3 is 0 Å². The minimum absolute atomic E-state index is 0.221. The third-order valence-corrected chi connectivity index (χ3v) is 2.42. The molecule has 0 heterocycles. The molecular weight excluding hydrogens is 182 g/mol. The minimum Gasteiger partial charge on any atom is -0.207 e. The summed E-state index contributed by atoms with van der Waals surface area (Å²) >= 11 is 0. The van der Waals surface area contributed by atoms with Gasteiger partial charge in [-0.2, -0.15) is 0 Å². The van der Waals surface area contributed by atoms with Crippen LogP contribution in [-0.2, 0) is 12.8 Å². The molecule has 78 valence electrons. The van der Waals surface area contributed by atoms with Crippen molar-refractivity contribution in [2.24, 2.45) is 0 Å². The normalized spacial score (nSPS) is 10.6. The van der Waals surface area contributed by atoms with E-state index in [4.69, 9.17) is 0 Å². The van der Waals surface area contributed by atoms with Crippen LogP contribution in [0.15, 0.2) is 12.1 Å². The molecule has 1 aromatic carbocycles. The lowest BCUT2D eigenvalue weighted by Gasteiger charge is -2.07. The number of benzene rings is 1. The number of rotatable bonds is 4. The Labute approximate surface area is 84.0 Å². The van der Waals surface area contributed by atoms with Crippen molar-refractivity contribution in [1.82, 2.24) is 0 Å². The van der Waals surface area contributed by atoms with Gasteiger partial charge in [-0.05, 0) is 30.9 Å². The molecule has 0 nitrogen and oxygen atoms in total. The highest BCUT2D eigenvalue weighted by molar-refractivity contribution is 5.27. The molecule has 0 radical (unpaired) electrons. The SMILES string of the molecule is CCCCc1ccc(F)c(CC)c1F. The molecule has 0 aliphatic carbocycles. The van der Waals surface area contributed by atoms with Crippen LogP contribution in [0.4, 0.5) is 8.78 Å². The molecule has 2 heteroatoms. The number of hydrogen-bond donors (Lipinski definition) is 0. The maximum atomic E-state index is 13.6. The molecule has 1 aromatic rings. The van der Waals surface area contributed by atoms with Crippen molar-refractivity contribution >= 4 is 0 Å². The van der Waals surface area contributed by atoms with E-state index >= 15 is 0 Å². The van der Waals surface area contributed by atoms with Crippen LogP contribution in [0.1, 0.15) is 37.8 Å². The van der Waals surface area contributed by atoms with E-state index in [1.807, 2.05) is 0 Å². The van der Waals surface area contributed by atoms with Crippen LogP contribution in [-0.4, -0.2) is 0 Å². The van der Waals surface area contributed by atoms with Crippen molar-refractivity contribution in [3.63, 3.8) is 0 Å². The molecule has 0 bridgehead atoms. The van der Waals surface area contributed by atoms with Crippen LogP contribution in [0.5, 0.6) is 0 Å². The summed E-state index contributed by atoms with van der Waals surface area (Å²) in [7, 11) is 0. The van der Waals surface area contributed by atoms with E-state index in [0.717, 1.165) is 12.8 Å². The van der Waals surface area contributed by atoms with Gasteiger partial charge in [-0.3, -0.25) is 0 Å². The first-order chi connectivity index (χ1) is 6.70.